The van der Waals surface area contributed by atoms with Gasteiger partial charge in [0.15, 0.2) is 0 Å². The van der Waals surface area contributed by atoms with Crippen molar-refractivity contribution in [1.29, 1.82) is 0 Å². The number of hydrogen-bond donors (Lipinski definition) is 1. The highest BCUT2D eigenvalue weighted by atomic mass is 16.5. The zero-order chi connectivity index (χ0) is 13.1. The molecule has 0 radical (unpaired) electrons. The molecule has 98 valence electrons. The summed E-state index contributed by atoms with van der Waals surface area (Å²) in [6.45, 7) is 5.24. The topological polar surface area (TPSA) is 68.5 Å². The summed E-state index contributed by atoms with van der Waals surface area (Å²) in [6, 6.07) is 2.02. The van der Waals surface area contributed by atoms with Gasteiger partial charge in [0.1, 0.15) is 5.82 Å². The van der Waals surface area contributed by atoms with Crippen LogP contribution < -0.4 is 10.6 Å². The van der Waals surface area contributed by atoms with E-state index in [1.807, 2.05) is 0 Å². The van der Waals surface area contributed by atoms with Crippen LogP contribution in [-0.2, 0) is 4.74 Å². The number of ether oxygens (including phenoxy) is 1. The minimum absolute atomic E-state index is 0.333. The first kappa shape index (κ1) is 12.7. The fourth-order valence-corrected chi connectivity index (χ4v) is 2.36. The Kier molecular flexibility index (Phi) is 3.69. The zero-order valence-corrected chi connectivity index (χ0v) is 10.8. The Hall–Kier alpha value is -1.78. The summed E-state index contributed by atoms with van der Waals surface area (Å²) >= 11 is 0. The molecule has 2 N–H and O–H groups in total. The molecule has 5 nitrogen and oxygen atoms in total. The lowest BCUT2D eigenvalue weighted by Crippen LogP contribution is -2.28. The summed E-state index contributed by atoms with van der Waals surface area (Å²) in [5.41, 5.74) is 7.00. The fraction of sp³-hybridized carbons (Fsp3) is 0.538. The van der Waals surface area contributed by atoms with Crippen LogP contribution in [0.4, 0.5) is 11.5 Å². The minimum atomic E-state index is -0.333. The highest BCUT2D eigenvalue weighted by molar-refractivity contribution is 5.96. The van der Waals surface area contributed by atoms with Crippen LogP contribution in [0.15, 0.2) is 12.3 Å². The second kappa shape index (κ2) is 5.25. The molecule has 1 unspecified atom stereocenters. The molecule has 2 rings (SSSR count). The minimum Gasteiger partial charge on any atom is -0.462 e. The molecule has 0 aliphatic carbocycles. The zero-order valence-electron chi connectivity index (χ0n) is 10.8. The maximum atomic E-state index is 11.9. The van der Waals surface area contributed by atoms with E-state index in [-0.39, 0.29) is 5.97 Å². The molecular weight excluding hydrogens is 230 g/mol. The summed E-state index contributed by atoms with van der Waals surface area (Å²) in [5.74, 6) is 0.00866. The van der Waals surface area contributed by atoms with Gasteiger partial charge in [-0.1, -0.05) is 0 Å². The van der Waals surface area contributed by atoms with Crippen molar-refractivity contribution in [3.63, 3.8) is 0 Å². The van der Waals surface area contributed by atoms with E-state index in [1.54, 1.807) is 19.2 Å². The molecule has 0 saturated carbocycles. The monoisotopic (exact) mass is 249 g/mol. The van der Waals surface area contributed by atoms with Gasteiger partial charge in [0, 0.05) is 12.6 Å². The number of pyridine rings is 1. The lowest BCUT2D eigenvalue weighted by atomic mass is 10.2. The molecule has 0 amide bonds. The Morgan fingerprint density at radius 1 is 1.67 bits per heavy atom. The SMILES string of the molecule is CCOC(=O)c1cc(N)ncc1N1CCCC1C. The summed E-state index contributed by atoms with van der Waals surface area (Å²) in [7, 11) is 0. The largest absolute Gasteiger partial charge is 0.462 e. The molecular formula is C13H19N3O2. The van der Waals surface area contributed by atoms with Crippen molar-refractivity contribution in [3.8, 4) is 0 Å². The number of carbonyl (C=O) groups is 1. The molecule has 1 aromatic rings. The maximum absolute atomic E-state index is 11.9. The Balaban J connectivity index is 2.36. The Morgan fingerprint density at radius 2 is 2.44 bits per heavy atom. The van der Waals surface area contributed by atoms with Crippen LogP contribution in [0.25, 0.3) is 0 Å². The predicted molar refractivity (Wildman–Crippen MR) is 70.6 cm³/mol. The van der Waals surface area contributed by atoms with Crippen molar-refractivity contribution in [2.24, 2.45) is 0 Å². The van der Waals surface area contributed by atoms with Crippen molar-refractivity contribution in [2.75, 3.05) is 23.8 Å². The highest BCUT2D eigenvalue weighted by Gasteiger charge is 2.25. The molecule has 1 saturated heterocycles. The number of nitrogens with zero attached hydrogens (tertiary/aromatic N) is 2. The molecule has 0 bridgehead atoms. The molecule has 1 aliphatic rings. The van der Waals surface area contributed by atoms with E-state index < -0.39 is 0 Å². The molecule has 1 atom stereocenters. The highest BCUT2D eigenvalue weighted by Crippen LogP contribution is 2.29. The van der Waals surface area contributed by atoms with E-state index in [1.165, 1.54) is 0 Å². The predicted octanol–water partition coefficient (Wildman–Crippen LogP) is 1.83. The second-order valence-electron chi connectivity index (χ2n) is 4.53. The molecule has 0 spiro atoms. The third kappa shape index (κ3) is 2.39. The molecule has 1 fully saturated rings. The van der Waals surface area contributed by atoms with E-state index in [0.717, 1.165) is 25.1 Å². The second-order valence-corrected chi connectivity index (χ2v) is 4.53. The Labute approximate surface area is 107 Å². The third-order valence-corrected chi connectivity index (χ3v) is 3.26. The number of nitrogen functional groups attached to an aromatic ring is 1. The van der Waals surface area contributed by atoms with Crippen LogP contribution in [0.3, 0.4) is 0 Å². The first-order valence-electron chi connectivity index (χ1n) is 6.32. The van der Waals surface area contributed by atoms with Crippen LogP contribution in [0.5, 0.6) is 0 Å². The van der Waals surface area contributed by atoms with Crippen molar-refractivity contribution in [2.45, 2.75) is 32.7 Å². The van der Waals surface area contributed by atoms with E-state index >= 15 is 0 Å². The van der Waals surface area contributed by atoms with Crippen LogP contribution >= 0.6 is 0 Å². The number of hydrogen-bond acceptors (Lipinski definition) is 5. The fourth-order valence-electron chi connectivity index (χ4n) is 2.36. The average molecular weight is 249 g/mol. The van der Waals surface area contributed by atoms with Crippen LogP contribution in [0.2, 0.25) is 0 Å². The Morgan fingerprint density at radius 3 is 3.06 bits per heavy atom. The molecule has 1 aromatic heterocycles. The van der Waals surface area contributed by atoms with Crippen molar-refractivity contribution in [3.05, 3.63) is 17.8 Å². The smallest absolute Gasteiger partial charge is 0.340 e. The van der Waals surface area contributed by atoms with Crippen LogP contribution in [0.1, 0.15) is 37.0 Å². The third-order valence-electron chi connectivity index (χ3n) is 3.26. The van der Waals surface area contributed by atoms with Crippen molar-refractivity contribution in [1.82, 2.24) is 4.98 Å². The number of anilines is 2. The molecule has 2 heterocycles. The molecule has 0 aromatic carbocycles. The standard InChI is InChI=1S/C13H19N3O2/c1-3-18-13(17)10-7-12(14)15-8-11(10)16-6-4-5-9(16)2/h7-9H,3-6H2,1-2H3,(H2,14,15). The van der Waals surface area contributed by atoms with E-state index in [0.29, 0.717) is 24.0 Å². The lowest BCUT2D eigenvalue weighted by molar-refractivity contribution is 0.0527. The van der Waals surface area contributed by atoms with Crippen LogP contribution in [0, 0.1) is 0 Å². The van der Waals surface area contributed by atoms with Gasteiger partial charge in [-0.2, -0.15) is 0 Å². The van der Waals surface area contributed by atoms with Gasteiger partial charge in [-0.05, 0) is 32.8 Å². The van der Waals surface area contributed by atoms with E-state index in [2.05, 4.69) is 16.8 Å². The molecule has 18 heavy (non-hydrogen) atoms. The quantitative estimate of drug-likeness (QED) is 0.828. The number of carbonyl (C=O) groups excluding carboxylic acids is 1. The van der Waals surface area contributed by atoms with Gasteiger partial charge in [0.2, 0.25) is 0 Å². The van der Waals surface area contributed by atoms with Gasteiger partial charge in [0.05, 0.1) is 24.1 Å². The van der Waals surface area contributed by atoms with Gasteiger partial charge in [-0.3, -0.25) is 0 Å². The van der Waals surface area contributed by atoms with E-state index in [9.17, 15) is 4.79 Å². The van der Waals surface area contributed by atoms with Gasteiger partial charge in [-0.25, -0.2) is 9.78 Å². The summed E-state index contributed by atoms with van der Waals surface area (Å²) in [5, 5.41) is 0. The van der Waals surface area contributed by atoms with Crippen LogP contribution in [-0.4, -0.2) is 30.1 Å². The number of esters is 1. The lowest BCUT2D eigenvalue weighted by Gasteiger charge is -2.25. The van der Waals surface area contributed by atoms with E-state index in [4.69, 9.17) is 10.5 Å². The van der Waals surface area contributed by atoms with Gasteiger partial charge in [0.25, 0.3) is 0 Å². The normalized spacial score (nSPS) is 19.0. The average Bonchev–Trinajstić information content (AvgIpc) is 2.76. The maximum Gasteiger partial charge on any atom is 0.340 e. The number of rotatable bonds is 3. The number of nitrogens with two attached hydrogens (primary N) is 1. The molecule has 5 heteroatoms. The first-order chi connectivity index (χ1) is 8.63. The number of aromatic nitrogens is 1. The first-order valence-corrected chi connectivity index (χ1v) is 6.32. The van der Waals surface area contributed by atoms with Gasteiger partial charge in [-0.15, -0.1) is 0 Å². The summed E-state index contributed by atoms with van der Waals surface area (Å²) in [4.78, 5) is 18.2. The summed E-state index contributed by atoms with van der Waals surface area (Å²) in [6.07, 6.45) is 3.93. The molecule has 1 aliphatic heterocycles. The van der Waals surface area contributed by atoms with Gasteiger partial charge >= 0.3 is 5.97 Å². The van der Waals surface area contributed by atoms with Gasteiger partial charge < -0.3 is 15.4 Å². The Bertz CT molecular complexity index is 448. The van der Waals surface area contributed by atoms with Crippen molar-refractivity contribution < 1.29 is 9.53 Å². The summed E-state index contributed by atoms with van der Waals surface area (Å²) < 4.78 is 5.07. The van der Waals surface area contributed by atoms with Crippen molar-refractivity contribution >= 4 is 17.5 Å².